The molecule has 0 spiro atoms. The molecule has 0 bridgehead atoms. The van der Waals surface area contributed by atoms with Gasteiger partial charge in [0.05, 0.1) is 10.5 Å². The highest BCUT2D eigenvalue weighted by atomic mass is 16.6. The Labute approximate surface area is 176 Å². The summed E-state index contributed by atoms with van der Waals surface area (Å²) in [5.74, 6) is -1.62. The minimum absolute atomic E-state index is 0.00630. The van der Waals surface area contributed by atoms with Crippen LogP contribution in [0.3, 0.4) is 0 Å². The Balaban J connectivity index is 2.01. The monoisotopic (exact) mass is 427 g/mol. The van der Waals surface area contributed by atoms with Gasteiger partial charge in [-0.3, -0.25) is 24.5 Å². The summed E-state index contributed by atoms with van der Waals surface area (Å²) in [6.07, 6.45) is -1.06. The van der Waals surface area contributed by atoms with Crippen LogP contribution in [0, 0.1) is 10.1 Å². The molecule has 0 aromatic heterocycles. The maximum absolute atomic E-state index is 12.1. The van der Waals surface area contributed by atoms with Crippen LogP contribution in [0.2, 0.25) is 0 Å². The largest absolute Gasteiger partial charge is 0.446 e. The molecule has 11 heteroatoms. The van der Waals surface area contributed by atoms with Crippen molar-refractivity contribution in [3.63, 3.8) is 0 Å². The maximum Gasteiger partial charge on any atom is 0.308 e. The number of hydrogen-bond acceptors (Lipinski definition) is 9. The fourth-order valence-corrected chi connectivity index (χ4v) is 2.83. The first-order chi connectivity index (χ1) is 14.7. The number of ether oxygens (including phenoxy) is 3. The van der Waals surface area contributed by atoms with E-state index in [9.17, 15) is 24.5 Å². The van der Waals surface area contributed by atoms with Crippen molar-refractivity contribution in [2.24, 2.45) is 5.10 Å². The number of hydrogen-bond donors (Lipinski definition) is 0. The summed E-state index contributed by atoms with van der Waals surface area (Å²) in [7, 11) is 0. The van der Waals surface area contributed by atoms with Crippen LogP contribution in [-0.2, 0) is 19.1 Å². The summed E-state index contributed by atoms with van der Waals surface area (Å²) in [4.78, 5) is 45.4. The number of rotatable bonds is 5. The zero-order valence-electron chi connectivity index (χ0n) is 16.7. The summed E-state index contributed by atoms with van der Waals surface area (Å²) in [6, 6.07) is 9.80. The van der Waals surface area contributed by atoms with E-state index in [0.717, 1.165) is 5.01 Å². The Morgan fingerprint density at radius 1 is 1.06 bits per heavy atom. The molecule has 0 saturated heterocycles. The first-order valence-electron chi connectivity index (χ1n) is 8.96. The predicted molar refractivity (Wildman–Crippen MR) is 105 cm³/mol. The number of amides is 1. The lowest BCUT2D eigenvalue weighted by Crippen LogP contribution is -2.25. The first-order valence-corrected chi connectivity index (χ1v) is 8.96. The van der Waals surface area contributed by atoms with E-state index in [1.54, 1.807) is 6.07 Å². The molecule has 0 saturated carbocycles. The molecule has 11 nitrogen and oxygen atoms in total. The van der Waals surface area contributed by atoms with E-state index in [4.69, 9.17) is 14.2 Å². The van der Waals surface area contributed by atoms with Gasteiger partial charge in [0.15, 0.2) is 0 Å². The molecule has 0 radical (unpaired) electrons. The second-order valence-electron chi connectivity index (χ2n) is 6.44. The number of carbonyl (C=O) groups is 3. The molecule has 1 aliphatic heterocycles. The lowest BCUT2D eigenvalue weighted by Gasteiger charge is -2.19. The van der Waals surface area contributed by atoms with Crippen molar-refractivity contribution in [2.75, 3.05) is 0 Å². The van der Waals surface area contributed by atoms with Crippen molar-refractivity contribution in [2.45, 2.75) is 27.0 Å². The van der Waals surface area contributed by atoms with Crippen LogP contribution in [0.15, 0.2) is 47.6 Å². The van der Waals surface area contributed by atoms with Gasteiger partial charge in [0.25, 0.3) is 5.69 Å². The van der Waals surface area contributed by atoms with Crippen molar-refractivity contribution in [3.05, 3.63) is 63.7 Å². The molecule has 1 aliphatic rings. The highest BCUT2D eigenvalue weighted by Gasteiger charge is 2.35. The lowest BCUT2D eigenvalue weighted by atomic mass is 10.1. The third kappa shape index (κ3) is 4.83. The van der Waals surface area contributed by atoms with E-state index in [1.807, 2.05) is 0 Å². The minimum atomic E-state index is -1.06. The van der Waals surface area contributed by atoms with E-state index in [1.165, 1.54) is 57.2 Å². The van der Waals surface area contributed by atoms with Gasteiger partial charge in [-0.2, -0.15) is 5.01 Å². The van der Waals surface area contributed by atoms with Crippen molar-refractivity contribution >= 4 is 29.4 Å². The van der Waals surface area contributed by atoms with Gasteiger partial charge in [-0.25, -0.2) is 0 Å². The second kappa shape index (κ2) is 8.61. The van der Waals surface area contributed by atoms with Crippen LogP contribution in [0.5, 0.6) is 11.5 Å². The van der Waals surface area contributed by atoms with Crippen LogP contribution < -0.4 is 9.47 Å². The summed E-state index contributed by atoms with van der Waals surface area (Å²) in [5.41, 5.74) is 0.364. The summed E-state index contributed by atoms with van der Waals surface area (Å²) < 4.78 is 16.0. The predicted octanol–water partition coefficient (Wildman–Crippen LogP) is 2.68. The van der Waals surface area contributed by atoms with Crippen LogP contribution in [-0.4, -0.2) is 33.7 Å². The average Bonchev–Trinajstić information content (AvgIpc) is 3.13. The second-order valence-corrected chi connectivity index (χ2v) is 6.44. The molecule has 0 N–H and O–H groups in total. The zero-order valence-corrected chi connectivity index (χ0v) is 16.7. The number of nitrogens with zero attached hydrogens (tertiary/aromatic N) is 3. The molecule has 1 atom stereocenters. The highest BCUT2D eigenvalue weighted by Crippen LogP contribution is 2.35. The standard InChI is InChI=1S/C20H17N3O8/c1-11(24)22-20(14-5-4-6-15(9-14)23(27)28)31-19(21-22)17-8-7-16(29-12(2)25)10-18(17)30-13(3)26/h4-10,20H,1-3H3/t20-/m0/s1. The van der Waals surface area contributed by atoms with Gasteiger partial charge in [0, 0.05) is 44.5 Å². The van der Waals surface area contributed by atoms with Crippen LogP contribution in [0.1, 0.15) is 38.1 Å². The van der Waals surface area contributed by atoms with Crippen LogP contribution in [0.4, 0.5) is 5.69 Å². The molecule has 2 aromatic rings. The molecular formula is C20H17N3O8. The fraction of sp³-hybridized carbons (Fsp3) is 0.200. The van der Waals surface area contributed by atoms with E-state index in [-0.39, 0.29) is 28.6 Å². The molecule has 1 heterocycles. The van der Waals surface area contributed by atoms with E-state index < -0.39 is 29.0 Å². The molecule has 3 rings (SSSR count). The van der Waals surface area contributed by atoms with Crippen molar-refractivity contribution in [3.8, 4) is 11.5 Å². The summed E-state index contributed by atoms with van der Waals surface area (Å²) in [6.45, 7) is 3.67. The fourth-order valence-electron chi connectivity index (χ4n) is 2.83. The van der Waals surface area contributed by atoms with Gasteiger partial charge in [0.2, 0.25) is 18.0 Å². The van der Waals surface area contributed by atoms with Gasteiger partial charge >= 0.3 is 11.9 Å². The quantitative estimate of drug-likeness (QED) is 0.307. The Hall–Kier alpha value is -4.28. The molecule has 2 aromatic carbocycles. The van der Waals surface area contributed by atoms with Gasteiger partial charge < -0.3 is 14.2 Å². The Kier molecular flexibility index (Phi) is 5.95. The Bertz CT molecular complexity index is 1110. The first kappa shape index (κ1) is 21.4. The zero-order chi connectivity index (χ0) is 22.7. The van der Waals surface area contributed by atoms with Gasteiger partial charge in [-0.1, -0.05) is 12.1 Å². The summed E-state index contributed by atoms with van der Waals surface area (Å²) in [5, 5.41) is 16.3. The molecule has 160 valence electrons. The number of non-ortho nitro benzene ring substituents is 1. The van der Waals surface area contributed by atoms with Crippen LogP contribution in [0.25, 0.3) is 0 Å². The van der Waals surface area contributed by atoms with Gasteiger partial charge in [0.1, 0.15) is 11.5 Å². The molecule has 31 heavy (non-hydrogen) atoms. The molecule has 0 fully saturated rings. The molecule has 0 unspecified atom stereocenters. The number of benzene rings is 2. The third-order valence-corrected chi connectivity index (χ3v) is 4.03. The van der Waals surface area contributed by atoms with Crippen molar-refractivity contribution < 1.29 is 33.5 Å². The highest BCUT2D eigenvalue weighted by molar-refractivity contribution is 5.99. The van der Waals surface area contributed by atoms with Crippen molar-refractivity contribution in [1.29, 1.82) is 0 Å². The average molecular weight is 427 g/mol. The summed E-state index contributed by atoms with van der Waals surface area (Å²) >= 11 is 0. The normalized spacial score (nSPS) is 15.0. The minimum Gasteiger partial charge on any atom is -0.446 e. The molecular weight excluding hydrogens is 410 g/mol. The number of hydrazone groups is 1. The molecule has 0 aliphatic carbocycles. The Morgan fingerprint density at radius 3 is 2.39 bits per heavy atom. The van der Waals surface area contributed by atoms with Crippen molar-refractivity contribution in [1.82, 2.24) is 5.01 Å². The van der Waals surface area contributed by atoms with Gasteiger partial charge in [-0.15, -0.1) is 5.10 Å². The number of nitro groups is 1. The maximum atomic E-state index is 12.1. The van der Waals surface area contributed by atoms with E-state index in [0.29, 0.717) is 5.56 Å². The molecule has 1 amide bonds. The topological polar surface area (TPSA) is 138 Å². The van der Waals surface area contributed by atoms with Crippen LogP contribution >= 0.6 is 0 Å². The third-order valence-electron chi connectivity index (χ3n) is 4.03. The number of nitro benzene ring substituents is 1. The van der Waals surface area contributed by atoms with E-state index >= 15 is 0 Å². The van der Waals surface area contributed by atoms with E-state index in [2.05, 4.69) is 5.10 Å². The number of esters is 2. The number of carbonyl (C=O) groups excluding carboxylic acids is 3. The van der Waals surface area contributed by atoms with Gasteiger partial charge in [-0.05, 0) is 12.1 Å². The lowest BCUT2D eigenvalue weighted by molar-refractivity contribution is -0.385. The SMILES string of the molecule is CC(=O)Oc1ccc(C2=NN(C(C)=O)[C@H](c3cccc([N+](=O)[O-])c3)O2)c(OC(C)=O)c1. The smallest absolute Gasteiger partial charge is 0.308 e. The Morgan fingerprint density at radius 2 is 1.77 bits per heavy atom.